The third kappa shape index (κ3) is 257. The first-order valence-corrected chi connectivity index (χ1v) is 3.68. The molecule has 0 aliphatic heterocycles. The predicted molar refractivity (Wildman–Crippen MR) is 97.2 cm³/mol. The summed E-state index contributed by atoms with van der Waals surface area (Å²) >= 11 is 0. The van der Waals surface area contributed by atoms with E-state index < -0.39 is 0 Å². The first-order chi connectivity index (χ1) is 4.83. The maximum Gasteiger partial charge on any atom is -0.0379 e. The Bertz CT molecular complexity index is 96.6. The summed E-state index contributed by atoms with van der Waals surface area (Å²) in [5.41, 5.74) is 0. The third-order valence-corrected chi connectivity index (χ3v) is 0.800. The molecule has 0 amide bonds. The second-order valence-electron chi connectivity index (χ2n) is 1.74. The molecule has 0 fully saturated rings. The fourth-order valence-corrected chi connectivity index (χ4v) is 0.372. The van der Waals surface area contributed by atoms with Gasteiger partial charge in [0.25, 0.3) is 0 Å². The Labute approximate surface area is 117 Å². The minimum Gasteiger partial charge on any atom is -0.0991 e. The fraction of sp³-hybridized carbons (Fsp3) is 0.647. The summed E-state index contributed by atoms with van der Waals surface area (Å²) < 4.78 is 0. The smallest absolute Gasteiger partial charge is 0.0379 e. The molecule has 0 aromatic heterocycles. The first kappa shape index (κ1) is 72.1. The number of hydrogen-bond acceptors (Lipinski definition) is 0. The number of rotatable bonds is 2. The second kappa shape index (κ2) is 113. The monoisotopic (exact) mass is 250 g/mol. The molecule has 0 nitrogen and oxygen atoms in total. The van der Waals surface area contributed by atoms with Crippen molar-refractivity contribution in [1.82, 2.24) is 0 Å². The van der Waals surface area contributed by atoms with Gasteiger partial charge >= 0.3 is 0 Å². The molecule has 0 spiro atoms. The van der Waals surface area contributed by atoms with E-state index in [1.165, 1.54) is 0 Å². The van der Waals surface area contributed by atoms with Crippen LogP contribution in [0.5, 0.6) is 0 Å². The molecular formula is C17H46. The topological polar surface area (TPSA) is 0 Å². The maximum absolute atomic E-state index is 3.46. The summed E-state index contributed by atoms with van der Waals surface area (Å²) in [6.45, 7) is 9.58. The summed E-state index contributed by atoms with van der Waals surface area (Å²) in [5.74, 6) is 0. The zero-order valence-corrected chi connectivity index (χ0v) is 7.30. The van der Waals surface area contributed by atoms with Gasteiger partial charge in [-0.05, 0) is 20.3 Å². The van der Waals surface area contributed by atoms with Crippen molar-refractivity contribution < 1.29 is 0 Å². The molecule has 0 aliphatic rings. The molecule has 0 radical (unpaired) electrons. The van der Waals surface area contributed by atoms with Crippen LogP contribution in [0.15, 0.2) is 37.0 Å². The number of hydrogen-bond donors (Lipinski definition) is 0. The Balaban J connectivity index is -0.00000000762. The SMILES string of the molecule is C.C.C.C.C.C.C.C=CC=CC.CC=CCC. The molecule has 0 heterocycles. The third-order valence-electron chi connectivity index (χ3n) is 0.800. The van der Waals surface area contributed by atoms with Crippen LogP contribution in [0.25, 0.3) is 0 Å². The predicted octanol–water partition coefficient (Wildman–Crippen LogP) is 8.17. The lowest BCUT2D eigenvalue weighted by Crippen LogP contribution is -1.43. The second-order valence-corrected chi connectivity index (χ2v) is 1.74. The van der Waals surface area contributed by atoms with E-state index in [2.05, 4.69) is 25.7 Å². The Morgan fingerprint density at radius 1 is 0.765 bits per heavy atom. The van der Waals surface area contributed by atoms with Crippen molar-refractivity contribution in [3.63, 3.8) is 0 Å². The Hall–Kier alpha value is -0.780. The molecule has 0 saturated heterocycles. The summed E-state index contributed by atoms with van der Waals surface area (Å²) in [7, 11) is 0. The van der Waals surface area contributed by atoms with Gasteiger partial charge in [0.2, 0.25) is 0 Å². The highest BCUT2D eigenvalue weighted by atomic mass is 13.6. The van der Waals surface area contributed by atoms with Gasteiger partial charge in [0.05, 0.1) is 0 Å². The minimum atomic E-state index is 0. The van der Waals surface area contributed by atoms with E-state index in [1.807, 2.05) is 26.0 Å². The van der Waals surface area contributed by atoms with E-state index in [9.17, 15) is 0 Å². The van der Waals surface area contributed by atoms with Crippen molar-refractivity contribution in [3.8, 4) is 0 Å². The van der Waals surface area contributed by atoms with Gasteiger partial charge < -0.3 is 0 Å². The van der Waals surface area contributed by atoms with Crippen LogP contribution in [0.1, 0.15) is 79.2 Å². The van der Waals surface area contributed by atoms with Crippen LogP contribution in [-0.4, -0.2) is 0 Å². The molecule has 0 aromatic carbocycles. The van der Waals surface area contributed by atoms with Crippen molar-refractivity contribution in [2.75, 3.05) is 0 Å². The molecule has 114 valence electrons. The molecule has 0 saturated carbocycles. The average molecular weight is 251 g/mol. The largest absolute Gasteiger partial charge is 0.0991 e. The quantitative estimate of drug-likeness (QED) is 0.342. The lowest BCUT2D eigenvalue weighted by Gasteiger charge is -1.65. The van der Waals surface area contributed by atoms with Crippen molar-refractivity contribution in [1.29, 1.82) is 0 Å². The van der Waals surface area contributed by atoms with Gasteiger partial charge in [-0.25, -0.2) is 0 Å². The number of allylic oxidation sites excluding steroid dienone is 5. The van der Waals surface area contributed by atoms with E-state index >= 15 is 0 Å². The molecule has 0 N–H and O–H groups in total. The lowest BCUT2D eigenvalue weighted by atomic mass is 10.4. The zero-order valence-electron chi connectivity index (χ0n) is 7.30. The molecule has 0 unspecified atom stereocenters. The lowest BCUT2D eigenvalue weighted by molar-refractivity contribution is 1.22. The van der Waals surface area contributed by atoms with E-state index in [1.54, 1.807) is 6.08 Å². The molecule has 0 atom stereocenters. The van der Waals surface area contributed by atoms with E-state index in [0.29, 0.717) is 0 Å². The summed E-state index contributed by atoms with van der Waals surface area (Å²) in [6.07, 6.45) is 10.9. The van der Waals surface area contributed by atoms with Crippen LogP contribution < -0.4 is 0 Å². The van der Waals surface area contributed by atoms with Crippen molar-refractivity contribution in [2.24, 2.45) is 0 Å². The molecule has 0 heteroatoms. The Morgan fingerprint density at radius 3 is 1.12 bits per heavy atom. The minimum absolute atomic E-state index is 0. The fourth-order valence-electron chi connectivity index (χ4n) is 0.372. The van der Waals surface area contributed by atoms with Crippen LogP contribution in [0, 0.1) is 0 Å². The summed E-state index contributed by atoms with van der Waals surface area (Å²) in [6, 6.07) is 0. The highest BCUT2D eigenvalue weighted by Crippen LogP contribution is 1.73. The molecular weight excluding hydrogens is 204 g/mol. The van der Waals surface area contributed by atoms with Gasteiger partial charge in [0.15, 0.2) is 0 Å². The van der Waals surface area contributed by atoms with Crippen LogP contribution in [-0.2, 0) is 0 Å². The van der Waals surface area contributed by atoms with Crippen molar-refractivity contribution >= 4 is 0 Å². The molecule has 0 rings (SSSR count). The van der Waals surface area contributed by atoms with Gasteiger partial charge in [-0.15, -0.1) is 0 Å². The average Bonchev–Trinajstić information content (AvgIpc) is 1.93. The van der Waals surface area contributed by atoms with Crippen LogP contribution >= 0.6 is 0 Å². The van der Waals surface area contributed by atoms with Gasteiger partial charge in [0.1, 0.15) is 0 Å². The highest BCUT2D eigenvalue weighted by molar-refractivity contribution is 4.94. The van der Waals surface area contributed by atoms with Gasteiger partial charge in [0, 0.05) is 0 Å². The van der Waals surface area contributed by atoms with Gasteiger partial charge in [-0.1, -0.05) is 95.9 Å². The molecule has 0 aromatic rings. The first-order valence-electron chi connectivity index (χ1n) is 3.68. The van der Waals surface area contributed by atoms with Crippen LogP contribution in [0.2, 0.25) is 0 Å². The van der Waals surface area contributed by atoms with Crippen LogP contribution in [0.4, 0.5) is 0 Å². The van der Waals surface area contributed by atoms with E-state index in [4.69, 9.17) is 0 Å². The Morgan fingerprint density at radius 2 is 1.12 bits per heavy atom. The molecule has 0 bridgehead atoms. The molecule has 17 heavy (non-hydrogen) atoms. The maximum atomic E-state index is 3.46. The van der Waals surface area contributed by atoms with Gasteiger partial charge in [-0.3, -0.25) is 0 Å². The van der Waals surface area contributed by atoms with Crippen molar-refractivity contribution in [3.05, 3.63) is 37.0 Å². The standard InChI is InChI=1S/C5H10.C5H8.7CH4/c2*1-3-5-4-2;;;;;;;/h3,5H,4H2,1-2H3;3-5H,1H2,2H3;7*1H4. The summed E-state index contributed by atoms with van der Waals surface area (Å²) in [4.78, 5) is 0. The zero-order chi connectivity index (χ0) is 8.24. The normalized spacial score (nSPS) is 5.59. The Kier molecular flexibility index (Phi) is 479. The van der Waals surface area contributed by atoms with Gasteiger partial charge in [-0.2, -0.15) is 0 Å². The van der Waals surface area contributed by atoms with Crippen molar-refractivity contribution in [2.45, 2.75) is 79.2 Å². The van der Waals surface area contributed by atoms with E-state index in [0.717, 1.165) is 6.42 Å². The van der Waals surface area contributed by atoms with Crippen LogP contribution in [0.3, 0.4) is 0 Å². The highest BCUT2D eigenvalue weighted by Gasteiger charge is 1.52. The summed E-state index contributed by atoms with van der Waals surface area (Å²) in [5, 5.41) is 0. The molecule has 0 aliphatic carbocycles. The van der Waals surface area contributed by atoms with E-state index in [-0.39, 0.29) is 52.0 Å².